The van der Waals surface area contributed by atoms with Gasteiger partial charge in [0.1, 0.15) is 5.82 Å². The van der Waals surface area contributed by atoms with Crippen LogP contribution in [0, 0.1) is 5.92 Å². The lowest BCUT2D eigenvalue weighted by atomic mass is 10.0. The van der Waals surface area contributed by atoms with Crippen molar-refractivity contribution in [3.63, 3.8) is 0 Å². The lowest BCUT2D eigenvalue weighted by Gasteiger charge is -2.31. The third-order valence-corrected chi connectivity index (χ3v) is 6.68. The van der Waals surface area contributed by atoms with Crippen LogP contribution in [-0.2, 0) is 0 Å². The van der Waals surface area contributed by atoms with Crippen molar-refractivity contribution in [1.82, 2.24) is 15.3 Å². The molecular weight excluding hydrogens is 486 g/mol. The molecule has 2 aliphatic rings. The molecule has 0 unspecified atom stereocenters. The maximum absolute atomic E-state index is 13.0. The lowest BCUT2D eigenvalue weighted by Crippen LogP contribution is -2.46. The van der Waals surface area contributed by atoms with Gasteiger partial charge in [0.05, 0.1) is 28.7 Å². The van der Waals surface area contributed by atoms with Gasteiger partial charge in [0.15, 0.2) is 5.78 Å². The summed E-state index contributed by atoms with van der Waals surface area (Å²) >= 11 is 3.51. The van der Waals surface area contributed by atoms with E-state index in [4.69, 9.17) is 0 Å². The molecular formula is C24H24BrN5O3. The van der Waals surface area contributed by atoms with Crippen LogP contribution in [0.15, 0.2) is 47.2 Å². The van der Waals surface area contributed by atoms with Crippen LogP contribution >= 0.6 is 15.9 Å². The second-order valence-electron chi connectivity index (χ2n) is 8.51. The minimum Gasteiger partial charge on any atom is -0.465 e. The van der Waals surface area contributed by atoms with E-state index in [2.05, 4.69) is 36.5 Å². The number of benzene rings is 1. The summed E-state index contributed by atoms with van der Waals surface area (Å²) < 4.78 is 0.892. The van der Waals surface area contributed by atoms with Crippen molar-refractivity contribution in [2.75, 3.05) is 23.3 Å². The first-order valence-electron chi connectivity index (χ1n) is 11.1. The van der Waals surface area contributed by atoms with E-state index in [1.807, 2.05) is 18.2 Å². The van der Waals surface area contributed by atoms with Gasteiger partial charge in [-0.25, -0.2) is 9.78 Å². The van der Waals surface area contributed by atoms with Gasteiger partial charge in [0, 0.05) is 28.0 Å². The number of carbonyl (C=O) groups is 2. The van der Waals surface area contributed by atoms with E-state index in [-0.39, 0.29) is 17.7 Å². The maximum atomic E-state index is 13.0. The molecule has 0 bridgehead atoms. The van der Waals surface area contributed by atoms with Crippen molar-refractivity contribution in [1.29, 1.82) is 0 Å². The highest BCUT2D eigenvalue weighted by molar-refractivity contribution is 9.10. The van der Waals surface area contributed by atoms with Crippen LogP contribution in [0.25, 0.3) is 10.9 Å². The lowest BCUT2D eigenvalue weighted by molar-refractivity contribution is 0.0968. The number of pyridine rings is 2. The Labute approximate surface area is 199 Å². The number of piperidine rings is 1. The molecule has 0 atom stereocenters. The largest absolute Gasteiger partial charge is 0.465 e. The van der Waals surface area contributed by atoms with Gasteiger partial charge in [-0.1, -0.05) is 15.9 Å². The van der Waals surface area contributed by atoms with Gasteiger partial charge in [-0.3, -0.25) is 14.7 Å². The SMILES string of the molecule is O=C(c1cnc2ccc(Br)cc2c1Nc1ccc(N(C(=O)O)C2CCNCC2)nc1)C1CC1. The average Bonchev–Trinajstić information content (AvgIpc) is 3.66. The highest BCUT2D eigenvalue weighted by Crippen LogP contribution is 2.38. The molecule has 1 saturated carbocycles. The van der Waals surface area contributed by atoms with Crippen LogP contribution in [0.2, 0.25) is 0 Å². The fourth-order valence-corrected chi connectivity index (χ4v) is 4.67. The van der Waals surface area contributed by atoms with Crippen molar-refractivity contribution in [3.8, 4) is 0 Å². The van der Waals surface area contributed by atoms with Crippen LogP contribution in [0.1, 0.15) is 36.0 Å². The number of hydrogen-bond donors (Lipinski definition) is 3. The highest BCUT2D eigenvalue weighted by atomic mass is 79.9. The van der Waals surface area contributed by atoms with Gasteiger partial charge in [-0.2, -0.15) is 0 Å². The van der Waals surface area contributed by atoms with Crippen molar-refractivity contribution >= 4 is 55.9 Å². The van der Waals surface area contributed by atoms with Gasteiger partial charge >= 0.3 is 6.09 Å². The molecule has 5 rings (SSSR count). The average molecular weight is 510 g/mol. The smallest absolute Gasteiger partial charge is 0.413 e. The monoisotopic (exact) mass is 509 g/mol. The summed E-state index contributed by atoms with van der Waals surface area (Å²) in [6.07, 6.45) is 5.57. The van der Waals surface area contributed by atoms with Crippen molar-refractivity contribution in [2.24, 2.45) is 5.92 Å². The number of rotatable bonds is 6. The summed E-state index contributed by atoms with van der Waals surface area (Å²) in [5, 5.41) is 17.2. The summed E-state index contributed by atoms with van der Waals surface area (Å²) in [6.45, 7) is 1.58. The molecule has 9 heteroatoms. The molecule has 3 heterocycles. The number of nitrogens with one attached hydrogen (secondary N) is 2. The number of ketones is 1. The number of anilines is 3. The Bertz CT molecular complexity index is 1210. The Morgan fingerprint density at radius 1 is 1.06 bits per heavy atom. The van der Waals surface area contributed by atoms with Crippen LogP contribution < -0.4 is 15.5 Å². The molecule has 1 amide bonds. The zero-order valence-corrected chi connectivity index (χ0v) is 19.5. The van der Waals surface area contributed by atoms with Gasteiger partial charge in [0.2, 0.25) is 0 Å². The fourth-order valence-electron chi connectivity index (χ4n) is 4.30. The van der Waals surface area contributed by atoms with Gasteiger partial charge in [-0.15, -0.1) is 0 Å². The number of hydrogen-bond acceptors (Lipinski definition) is 6. The molecule has 3 aromatic rings. The third-order valence-electron chi connectivity index (χ3n) is 6.19. The minimum absolute atomic E-state index is 0.0616. The van der Waals surface area contributed by atoms with Crippen LogP contribution in [0.5, 0.6) is 0 Å². The van der Waals surface area contributed by atoms with Gasteiger partial charge in [0.25, 0.3) is 0 Å². The second-order valence-corrected chi connectivity index (χ2v) is 9.43. The molecule has 33 heavy (non-hydrogen) atoms. The van der Waals surface area contributed by atoms with Crippen LogP contribution in [0.4, 0.5) is 22.0 Å². The van der Waals surface area contributed by atoms with Crippen LogP contribution in [0.3, 0.4) is 0 Å². The molecule has 1 aliphatic heterocycles. The zero-order chi connectivity index (χ0) is 22.9. The Morgan fingerprint density at radius 2 is 1.85 bits per heavy atom. The Morgan fingerprint density at radius 3 is 2.52 bits per heavy atom. The quantitative estimate of drug-likeness (QED) is 0.402. The zero-order valence-electron chi connectivity index (χ0n) is 17.9. The molecule has 2 fully saturated rings. The molecule has 170 valence electrons. The topological polar surface area (TPSA) is 107 Å². The molecule has 0 radical (unpaired) electrons. The minimum atomic E-state index is -1.00. The predicted octanol–water partition coefficient (Wildman–Crippen LogP) is 4.97. The Hall–Kier alpha value is -3.04. The first kappa shape index (κ1) is 21.8. The van der Waals surface area contributed by atoms with E-state index in [9.17, 15) is 14.7 Å². The first-order valence-corrected chi connectivity index (χ1v) is 11.9. The molecule has 1 aromatic carbocycles. The molecule has 1 aliphatic carbocycles. The summed E-state index contributed by atoms with van der Waals surface area (Å²) in [4.78, 5) is 35.2. The van der Waals surface area contributed by atoms with E-state index in [0.717, 1.165) is 54.1 Å². The summed E-state index contributed by atoms with van der Waals surface area (Å²) in [5.41, 5.74) is 2.71. The van der Waals surface area contributed by atoms with Gasteiger partial charge in [-0.05, 0) is 69.1 Å². The maximum Gasteiger partial charge on any atom is 0.413 e. The fraction of sp³-hybridized carbons (Fsp3) is 0.333. The third kappa shape index (κ3) is 4.56. The Balaban J connectivity index is 1.48. The number of carbonyl (C=O) groups excluding carboxylic acids is 1. The number of Topliss-reactive ketones (excluding diaryl/α,β-unsaturated/α-hetero) is 1. The second kappa shape index (κ2) is 9.07. The van der Waals surface area contributed by atoms with Crippen molar-refractivity contribution in [2.45, 2.75) is 31.7 Å². The number of aromatic nitrogens is 2. The number of halogens is 1. The molecule has 1 saturated heterocycles. The summed E-state index contributed by atoms with van der Waals surface area (Å²) in [5.74, 6) is 0.558. The Kier molecular flexibility index (Phi) is 5.99. The number of fused-ring (bicyclic) bond motifs is 1. The number of carboxylic acid groups (broad SMARTS) is 1. The number of amides is 1. The molecule has 8 nitrogen and oxygen atoms in total. The van der Waals surface area contributed by atoms with Crippen molar-refractivity contribution < 1.29 is 14.7 Å². The molecule has 3 N–H and O–H groups in total. The van der Waals surface area contributed by atoms with E-state index in [1.165, 1.54) is 4.90 Å². The van der Waals surface area contributed by atoms with E-state index >= 15 is 0 Å². The van der Waals surface area contributed by atoms with Crippen LogP contribution in [-0.4, -0.2) is 46.1 Å². The van der Waals surface area contributed by atoms with E-state index < -0.39 is 6.09 Å². The van der Waals surface area contributed by atoms with E-state index in [0.29, 0.717) is 22.8 Å². The molecule has 2 aromatic heterocycles. The predicted molar refractivity (Wildman–Crippen MR) is 130 cm³/mol. The highest BCUT2D eigenvalue weighted by Gasteiger charge is 2.33. The normalized spacial score (nSPS) is 16.5. The summed E-state index contributed by atoms with van der Waals surface area (Å²) in [7, 11) is 0. The van der Waals surface area contributed by atoms with E-state index in [1.54, 1.807) is 24.5 Å². The number of nitrogens with zero attached hydrogens (tertiary/aromatic N) is 3. The first-order chi connectivity index (χ1) is 16.0. The van der Waals surface area contributed by atoms with Crippen molar-refractivity contribution in [3.05, 3.63) is 52.8 Å². The standard InChI is InChI=1S/C24H24BrN5O3/c25-15-3-5-20-18(11-15)22(19(13-27-20)23(31)14-1-2-14)29-16-4-6-21(28-12-16)30(24(32)33)17-7-9-26-10-8-17/h3-6,11-14,17,26H,1-2,7-10H2,(H,27,29)(H,32,33). The van der Waals surface area contributed by atoms with Gasteiger partial charge < -0.3 is 15.7 Å². The molecule has 0 spiro atoms. The summed E-state index contributed by atoms with van der Waals surface area (Å²) in [6, 6.07) is 9.17.